The van der Waals surface area contributed by atoms with Gasteiger partial charge in [-0.05, 0) is 74.6 Å². The van der Waals surface area contributed by atoms with Crippen LogP contribution in [0.3, 0.4) is 0 Å². The van der Waals surface area contributed by atoms with Crippen LogP contribution in [0, 0.1) is 0 Å². The van der Waals surface area contributed by atoms with E-state index in [1.165, 1.54) is 24.3 Å². The minimum absolute atomic E-state index is 0.0605. The van der Waals surface area contributed by atoms with E-state index in [9.17, 15) is 18.3 Å². The first-order chi connectivity index (χ1) is 17.1. The van der Waals surface area contributed by atoms with Gasteiger partial charge in [0.15, 0.2) is 17.1 Å². The summed E-state index contributed by atoms with van der Waals surface area (Å²) in [6.45, 7) is 3.93. The molecule has 0 radical (unpaired) electrons. The molecule has 0 aliphatic carbocycles. The molecule has 0 saturated carbocycles. The van der Waals surface area contributed by atoms with Crippen molar-refractivity contribution in [3.05, 3.63) is 83.4 Å². The molecule has 3 N–H and O–H groups in total. The zero-order valence-electron chi connectivity index (χ0n) is 20.1. The van der Waals surface area contributed by atoms with Crippen LogP contribution in [0.2, 0.25) is 0 Å². The summed E-state index contributed by atoms with van der Waals surface area (Å²) >= 11 is 0. The molecule has 5 rings (SSSR count). The van der Waals surface area contributed by atoms with Crippen LogP contribution in [0.15, 0.2) is 71.6 Å². The van der Waals surface area contributed by atoms with Gasteiger partial charge in [0.25, 0.3) is 5.91 Å². The number of hydrogen-bond acceptors (Lipinski definition) is 6. The van der Waals surface area contributed by atoms with E-state index in [1.807, 2.05) is 32.0 Å². The van der Waals surface area contributed by atoms with Crippen LogP contribution in [0.4, 0.5) is 5.69 Å². The number of carbonyl (C=O) groups excluding carboxylic acids is 1. The number of anilines is 1. The number of aliphatic hydroxyl groups is 1. The molecule has 9 heteroatoms. The van der Waals surface area contributed by atoms with Crippen LogP contribution in [0.25, 0.3) is 0 Å². The average molecular weight is 509 g/mol. The minimum Gasteiger partial charge on any atom is -0.454 e. The van der Waals surface area contributed by atoms with Gasteiger partial charge in [0.1, 0.15) is 0 Å². The lowest BCUT2D eigenvalue weighted by atomic mass is 9.88. The number of sulfonamides is 1. The summed E-state index contributed by atoms with van der Waals surface area (Å²) in [4.78, 5) is 12.6. The van der Waals surface area contributed by atoms with E-state index in [0.29, 0.717) is 23.2 Å². The van der Waals surface area contributed by atoms with Crippen molar-refractivity contribution in [2.24, 2.45) is 0 Å². The van der Waals surface area contributed by atoms with Crippen molar-refractivity contribution in [2.45, 2.75) is 49.1 Å². The summed E-state index contributed by atoms with van der Waals surface area (Å²) in [6, 6.07) is 18.5. The molecule has 0 fully saturated rings. The monoisotopic (exact) mass is 508 g/mol. The number of aryl methyl sites for hydroxylation is 1. The molecule has 0 saturated heterocycles. The number of amides is 1. The van der Waals surface area contributed by atoms with Crippen molar-refractivity contribution in [3.63, 3.8) is 0 Å². The number of benzene rings is 3. The molecule has 188 valence electrons. The number of ether oxygens (including phenoxy) is 2. The summed E-state index contributed by atoms with van der Waals surface area (Å²) in [6.07, 6.45) is 2.17. The van der Waals surface area contributed by atoms with Crippen molar-refractivity contribution >= 4 is 21.6 Å². The molecule has 2 heterocycles. The Kier molecular flexibility index (Phi) is 6.02. The van der Waals surface area contributed by atoms with Crippen LogP contribution < -0.4 is 19.5 Å². The lowest BCUT2D eigenvalue weighted by Gasteiger charge is -2.26. The highest BCUT2D eigenvalue weighted by Crippen LogP contribution is 2.40. The molecule has 8 nitrogen and oxygen atoms in total. The van der Waals surface area contributed by atoms with E-state index in [-0.39, 0.29) is 11.7 Å². The van der Waals surface area contributed by atoms with E-state index in [4.69, 9.17) is 9.47 Å². The Hall–Kier alpha value is -3.40. The van der Waals surface area contributed by atoms with Gasteiger partial charge in [-0.3, -0.25) is 4.79 Å². The fraction of sp³-hybridized carbons (Fsp3) is 0.296. The minimum atomic E-state index is -3.82. The Bertz CT molecular complexity index is 1420. The maximum absolute atomic E-state index is 13.1. The Balaban J connectivity index is 1.25. The van der Waals surface area contributed by atoms with Crippen LogP contribution in [-0.2, 0) is 26.8 Å². The number of fused-ring (bicyclic) bond motifs is 2. The summed E-state index contributed by atoms with van der Waals surface area (Å²) in [5.41, 5.74) is -0.189. The lowest BCUT2D eigenvalue weighted by molar-refractivity contribution is -0.129. The first kappa shape index (κ1) is 24.3. The highest BCUT2D eigenvalue weighted by atomic mass is 32.2. The smallest absolute Gasteiger partial charge is 0.265 e. The zero-order chi connectivity index (χ0) is 25.6. The third-order valence-electron chi connectivity index (χ3n) is 6.59. The molecule has 2 aliphatic heterocycles. The zero-order valence-corrected chi connectivity index (χ0v) is 20.9. The maximum Gasteiger partial charge on any atom is 0.265 e. The number of nitrogens with one attached hydrogen (secondary N) is 2. The Labute approximate surface area is 210 Å². The van der Waals surface area contributed by atoms with Gasteiger partial charge in [-0.25, -0.2) is 13.1 Å². The molecule has 1 atom stereocenters. The van der Waals surface area contributed by atoms with Gasteiger partial charge in [0, 0.05) is 16.8 Å². The number of rotatable bonds is 8. The van der Waals surface area contributed by atoms with Gasteiger partial charge in [0.2, 0.25) is 16.8 Å². The van der Waals surface area contributed by atoms with Gasteiger partial charge in [0.05, 0.1) is 4.90 Å². The first-order valence-corrected chi connectivity index (χ1v) is 13.2. The number of carbonyl (C=O) groups is 1. The number of hydrogen-bond donors (Lipinski definition) is 3. The van der Waals surface area contributed by atoms with Crippen molar-refractivity contribution in [1.29, 1.82) is 0 Å². The Morgan fingerprint density at radius 3 is 2.53 bits per heavy atom. The van der Waals surface area contributed by atoms with Crippen molar-refractivity contribution in [2.75, 3.05) is 12.1 Å². The van der Waals surface area contributed by atoms with E-state index in [1.54, 1.807) is 24.3 Å². The predicted octanol–water partition coefficient (Wildman–Crippen LogP) is 3.68. The summed E-state index contributed by atoms with van der Waals surface area (Å²) in [5.74, 6) is 0.905. The lowest BCUT2D eigenvalue weighted by Crippen LogP contribution is -2.43. The average Bonchev–Trinajstić information content (AvgIpc) is 3.41. The van der Waals surface area contributed by atoms with E-state index < -0.39 is 27.1 Å². The van der Waals surface area contributed by atoms with Gasteiger partial charge in [-0.2, -0.15) is 0 Å². The Morgan fingerprint density at radius 1 is 1.03 bits per heavy atom. The quantitative estimate of drug-likeness (QED) is 0.428. The Morgan fingerprint density at radius 2 is 1.75 bits per heavy atom. The largest absolute Gasteiger partial charge is 0.454 e. The van der Waals surface area contributed by atoms with Crippen molar-refractivity contribution < 1.29 is 27.8 Å². The van der Waals surface area contributed by atoms with E-state index in [0.717, 1.165) is 29.9 Å². The number of para-hydroxylation sites is 1. The molecule has 0 spiro atoms. The van der Waals surface area contributed by atoms with Gasteiger partial charge < -0.3 is 19.9 Å². The molecule has 1 amide bonds. The van der Waals surface area contributed by atoms with E-state index >= 15 is 0 Å². The normalized spacial score (nSPS) is 18.7. The topological polar surface area (TPSA) is 114 Å². The second kappa shape index (κ2) is 8.92. The van der Waals surface area contributed by atoms with Crippen LogP contribution in [-0.4, -0.2) is 31.8 Å². The highest BCUT2D eigenvalue weighted by Gasteiger charge is 2.46. The predicted molar refractivity (Wildman–Crippen MR) is 134 cm³/mol. The van der Waals surface area contributed by atoms with Gasteiger partial charge in [-0.15, -0.1) is 0 Å². The van der Waals surface area contributed by atoms with Crippen LogP contribution in [0.1, 0.15) is 43.4 Å². The third kappa shape index (κ3) is 4.45. The second-order valence-corrected chi connectivity index (χ2v) is 11.4. The third-order valence-corrected chi connectivity index (χ3v) is 8.31. The molecular weight excluding hydrogens is 480 g/mol. The molecule has 0 aromatic heterocycles. The molecule has 0 bridgehead atoms. The van der Waals surface area contributed by atoms with E-state index in [2.05, 4.69) is 10.0 Å². The van der Waals surface area contributed by atoms with Gasteiger partial charge in [-0.1, -0.05) is 36.4 Å². The maximum atomic E-state index is 13.1. The fourth-order valence-corrected chi connectivity index (χ4v) is 6.15. The second-order valence-electron chi connectivity index (χ2n) is 9.77. The summed E-state index contributed by atoms with van der Waals surface area (Å²) < 4.78 is 39.7. The molecule has 1 unspecified atom stereocenters. The van der Waals surface area contributed by atoms with Crippen molar-refractivity contribution in [1.82, 2.24) is 4.72 Å². The summed E-state index contributed by atoms with van der Waals surface area (Å²) in [5, 5.41) is 13.9. The molecule has 36 heavy (non-hydrogen) atoms. The standard InChI is InChI=1S/C27H28N2O6S/c1-26(2,15-5-6-18-9-14-23-24(16-18)35-17-34-23)29-36(32,33)20-12-10-19(11-13-20)27(31)21-7-3-4-8-22(21)28-25(27)30/h3-4,7-14,16,29,31H,5-6,15,17H2,1-2H3,(H,28,30). The SMILES string of the molecule is CC(C)(CCCc1ccc2c(c1)OCO2)NS(=O)(=O)c1ccc(C2(O)C(=O)Nc3ccccc32)cc1. The van der Waals surface area contributed by atoms with Crippen LogP contribution >= 0.6 is 0 Å². The van der Waals surface area contributed by atoms with Gasteiger partial charge >= 0.3 is 0 Å². The fourth-order valence-electron chi connectivity index (χ4n) is 4.71. The first-order valence-electron chi connectivity index (χ1n) is 11.7. The molecule has 2 aliphatic rings. The van der Waals surface area contributed by atoms with Crippen LogP contribution in [0.5, 0.6) is 11.5 Å². The van der Waals surface area contributed by atoms with Crippen molar-refractivity contribution in [3.8, 4) is 11.5 Å². The highest BCUT2D eigenvalue weighted by molar-refractivity contribution is 7.89. The molecule has 3 aromatic carbocycles. The summed E-state index contributed by atoms with van der Waals surface area (Å²) in [7, 11) is -3.82. The molecular formula is C27H28N2O6S. The molecule has 3 aromatic rings.